The molecule has 2 aromatic carbocycles. The Hall–Kier alpha value is -2.56. The van der Waals surface area contributed by atoms with E-state index in [1.165, 1.54) is 0 Å². The van der Waals surface area contributed by atoms with E-state index in [1.54, 1.807) is 36.4 Å². The summed E-state index contributed by atoms with van der Waals surface area (Å²) in [5, 5.41) is 10.3. The third-order valence-corrected chi connectivity index (χ3v) is 4.35. The summed E-state index contributed by atoms with van der Waals surface area (Å²) in [7, 11) is 0. The van der Waals surface area contributed by atoms with E-state index < -0.39 is 5.97 Å². The molecule has 1 aromatic heterocycles. The number of benzene rings is 2. The summed E-state index contributed by atoms with van der Waals surface area (Å²) in [5.41, 5.74) is 2.53. The fraction of sp³-hybridized carbons (Fsp3) is 0.100. The third-order valence-electron chi connectivity index (χ3n) is 3.77. The third kappa shape index (κ3) is 4.54. The number of aromatic carboxylic acids is 1. The molecule has 1 N–H and O–H groups in total. The van der Waals surface area contributed by atoms with Crippen molar-refractivity contribution in [3.8, 4) is 17.1 Å². The zero-order valence-corrected chi connectivity index (χ0v) is 15.2. The van der Waals surface area contributed by atoms with Crippen LogP contribution in [0.2, 0.25) is 10.0 Å². The summed E-state index contributed by atoms with van der Waals surface area (Å²) in [5.74, 6) is -0.507. The van der Waals surface area contributed by atoms with Gasteiger partial charge in [0.1, 0.15) is 0 Å². The molecule has 3 rings (SSSR count). The van der Waals surface area contributed by atoms with Gasteiger partial charge in [0.05, 0.1) is 17.9 Å². The first kappa shape index (κ1) is 18.2. The molecule has 4 nitrogen and oxygen atoms in total. The quantitative estimate of drug-likeness (QED) is 0.616. The van der Waals surface area contributed by atoms with Crippen LogP contribution in [0.25, 0.3) is 11.3 Å². The van der Waals surface area contributed by atoms with Crippen molar-refractivity contribution in [3.63, 3.8) is 0 Å². The maximum Gasteiger partial charge on any atom is 0.335 e. The molecule has 0 radical (unpaired) electrons. The normalized spacial score (nSPS) is 10.5. The van der Waals surface area contributed by atoms with Gasteiger partial charge in [-0.05, 0) is 35.9 Å². The van der Waals surface area contributed by atoms with Gasteiger partial charge in [-0.15, -0.1) is 0 Å². The Morgan fingerprint density at radius 1 is 1.04 bits per heavy atom. The van der Waals surface area contributed by atoms with Crippen molar-refractivity contribution < 1.29 is 14.6 Å². The highest BCUT2D eigenvalue weighted by Crippen LogP contribution is 2.23. The Labute approximate surface area is 161 Å². The van der Waals surface area contributed by atoms with Gasteiger partial charge in [-0.2, -0.15) is 0 Å². The van der Waals surface area contributed by atoms with Gasteiger partial charge in [0.15, 0.2) is 0 Å². The molecule has 0 saturated heterocycles. The highest BCUT2D eigenvalue weighted by molar-refractivity contribution is 6.35. The Morgan fingerprint density at radius 3 is 2.62 bits per heavy atom. The van der Waals surface area contributed by atoms with Crippen LogP contribution in [0.3, 0.4) is 0 Å². The predicted molar refractivity (Wildman–Crippen MR) is 102 cm³/mol. The van der Waals surface area contributed by atoms with Gasteiger partial charge >= 0.3 is 5.97 Å². The molecule has 0 atom stereocenters. The second-order valence-corrected chi connectivity index (χ2v) is 6.42. The topological polar surface area (TPSA) is 59.4 Å². The molecule has 0 aliphatic carbocycles. The number of hydrogen-bond donors (Lipinski definition) is 1. The van der Waals surface area contributed by atoms with Crippen molar-refractivity contribution in [2.45, 2.75) is 6.42 Å². The summed E-state index contributed by atoms with van der Waals surface area (Å²) in [6.45, 7) is 0.410. The van der Waals surface area contributed by atoms with Gasteiger partial charge in [-0.3, -0.25) is 0 Å². The first-order chi connectivity index (χ1) is 12.5. The molecule has 3 aromatic rings. The van der Waals surface area contributed by atoms with Crippen LogP contribution >= 0.6 is 23.2 Å². The van der Waals surface area contributed by atoms with Crippen LogP contribution in [-0.2, 0) is 6.42 Å². The Balaban J connectivity index is 1.69. The van der Waals surface area contributed by atoms with Crippen molar-refractivity contribution in [2.24, 2.45) is 0 Å². The van der Waals surface area contributed by atoms with Crippen molar-refractivity contribution in [1.29, 1.82) is 0 Å². The lowest BCUT2D eigenvalue weighted by Crippen LogP contribution is -2.03. The highest BCUT2D eigenvalue weighted by Gasteiger charge is 2.07. The van der Waals surface area contributed by atoms with E-state index in [0.29, 0.717) is 34.6 Å². The zero-order chi connectivity index (χ0) is 18.5. The van der Waals surface area contributed by atoms with Crippen molar-refractivity contribution >= 4 is 29.2 Å². The molecule has 0 amide bonds. The van der Waals surface area contributed by atoms with Crippen LogP contribution in [0.5, 0.6) is 5.88 Å². The van der Waals surface area contributed by atoms with E-state index in [0.717, 1.165) is 11.1 Å². The number of carbonyl (C=O) groups is 1. The van der Waals surface area contributed by atoms with Crippen LogP contribution in [0.15, 0.2) is 60.7 Å². The number of hydrogen-bond acceptors (Lipinski definition) is 3. The maximum absolute atomic E-state index is 11.1. The number of carboxylic acids is 1. The zero-order valence-electron chi connectivity index (χ0n) is 13.7. The highest BCUT2D eigenvalue weighted by atomic mass is 35.5. The number of halogens is 2. The fourth-order valence-corrected chi connectivity index (χ4v) is 2.96. The molecular weight excluding hydrogens is 373 g/mol. The monoisotopic (exact) mass is 387 g/mol. The molecule has 0 saturated carbocycles. The molecule has 6 heteroatoms. The molecule has 0 aliphatic rings. The first-order valence-corrected chi connectivity index (χ1v) is 8.66. The molecule has 0 spiro atoms. The number of nitrogens with zero attached hydrogens (tertiary/aromatic N) is 1. The van der Waals surface area contributed by atoms with Crippen LogP contribution in [-0.4, -0.2) is 22.7 Å². The smallest absolute Gasteiger partial charge is 0.335 e. The van der Waals surface area contributed by atoms with Crippen molar-refractivity contribution in [2.75, 3.05) is 6.61 Å². The largest absolute Gasteiger partial charge is 0.478 e. The van der Waals surface area contributed by atoms with Gasteiger partial charge < -0.3 is 9.84 Å². The van der Waals surface area contributed by atoms with Gasteiger partial charge in [0.25, 0.3) is 0 Å². The van der Waals surface area contributed by atoms with E-state index in [-0.39, 0.29) is 5.56 Å². The molecular formula is C20H15Cl2NO3. The summed E-state index contributed by atoms with van der Waals surface area (Å²) in [6.07, 6.45) is 0.621. The minimum Gasteiger partial charge on any atom is -0.478 e. The van der Waals surface area contributed by atoms with Crippen LogP contribution in [0.1, 0.15) is 15.9 Å². The first-order valence-electron chi connectivity index (χ1n) is 7.90. The lowest BCUT2D eigenvalue weighted by Gasteiger charge is -2.09. The van der Waals surface area contributed by atoms with Crippen LogP contribution in [0, 0.1) is 0 Å². The minimum absolute atomic E-state index is 0.216. The second-order valence-electron chi connectivity index (χ2n) is 5.58. The maximum atomic E-state index is 11.1. The number of aromatic nitrogens is 1. The average Bonchev–Trinajstić information content (AvgIpc) is 2.64. The second kappa shape index (κ2) is 8.21. The lowest BCUT2D eigenvalue weighted by atomic mass is 10.1. The minimum atomic E-state index is -0.973. The summed E-state index contributed by atoms with van der Waals surface area (Å²) >= 11 is 12.0. The van der Waals surface area contributed by atoms with Crippen LogP contribution < -0.4 is 4.74 Å². The molecule has 0 aliphatic heterocycles. The molecule has 1 heterocycles. The van der Waals surface area contributed by atoms with Gasteiger partial charge in [0.2, 0.25) is 5.88 Å². The molecule has 0 fully saturated rings. The van der Waals surface area contributed by atoms with Crippen molar-refractivity contribution in [1.82, 2.24) is 4.98 Å². The van der Waals surface area contributed by atoms with E-state index in [2.05, 4.69) is 4.98 Å². The SMILES string of the molecule is O=C(O)c1cccc(-c2cccc(OCCc3ccc(Cl)cc3Cl)n2)c1. The van der Waals surface area contributed by atoms with Crippen molar-refractivity contribution in [3.05, 3.63) is 81.8 Å². The fourth-order valence-electron chi connectivity index (χ4n) is 2.46. The number of ether oxygens (including phenoxy) is 1. The van der Waals surface area contributed by atoms with E-state index in [1.807, 2.05) is 24.3 Å². The number of pyridine rings is 1. The summed E-state index contributed by atoms with van der Waals surface area (Å²) < 4.78 is 5.72. The standard InChI is InChI=1S/C20H15Cl2NO3/c21-16-8-7-13(17(22)12-16)9-10-26-19-6-2-5-18(23-19)14-3-1-4-15(11-14)20(24)25/h1-8,11-12H,9-10H2,(H,24,25). The van der Waals surface area contributed by atoms with E-state index in [9.17, 15) is 4.79 Å². The average molecular weight is 388 g/mol. The Bertz CT molecular complexity index is 944. The van der Waals surface area contributed by atoms with Gasteiger partial charge in [-0.1, -0.05) is 47.5 Å². The Kier molecular flexibility index (Phi) is 5.76. The van der Waals surface area contributed by atoms with E-state index >= 15 is 0 Å². The summed E-state index contributed by atoms with van der Waals surface area (Å²) in [4.78, 5) is 15.6. The Morgan fingerprint density at radius 2 is 1.85 bits per heavy atom. The van der Waals surface area contributed by atoms with Gasteiger partial charge in [0, 0.05) is 28.1 Å². The molecule has 0 unspecified atom stereocenters. The predicted octanol–water partition coefficient (Wildman–Crippen LogP) is 5.38. The molecule has 26 heavy (non-hydrogen) atoms. The molecule has 132 valence electrons. The number of carboxylic acid groups (broad SMARTS) is 1. The lowest BCUT2D eigenvalue weighted by molar-refractivity contribution is 0.0697. The van der Waals surface area contributed by atoms with E-state index in [4.69, 9.17) is 33.0 Å². The number of rotatable bonds is 6. The molecule has 0 bridgehead atoms. The van der Waals surface area contributed by atoms with Crippen LogP contribution in [0.4, 0.5) is 0 Å². The van der Waals surface area contributed by atoms with Gasteiger partial charge in [-0.25, -0.2) is 9.78 Å². The summed E-state index contributed by atoms with van der Waals surface area (Å²) in [6, 6.07) is 17.4.